The first-order chi connectivity index (χ1) is 15.3. The Bertz CT molecular complexity index is 1120. The summed E-state index contributed by atoms with van der Waals surface area (Å²) < 4.78 is 0. The van der Waals surface area contributed by atoms with Crippen LogP contribution in [-0.2, 0) is 24.3 Å². The van der Waals surface area contributed by atoms with Crippen LogP contribution in [0.1, 0.15) is 47.3 Å². The van der Waals surface area contributed by atoms with Crippen LogP contribution in [0.5, 0.6) is 0 Å². The fraction of sp³-hybridized carbons (Fsp3) is 0.320. The number of nitrogens with one attached hydrogen (secondary N) is 2. The lowest BCUT2D eigenvalue weighted by Gasteiger charge is -2.25. The molecule has 1 aliphatic rings. The van der Waals surface area contributed by atoms with Gasteiger partial charge in [-0.05, 0) is 23.8 Å². The van der Waals surface area contributed by atoms with Crippen molar-refractivity contribution in [3.63, 3.8) is 0 Å². The van der Waals surface area contributed by atoms with Crippen molar-refractivity contribution in [2.24, 2.45) is 5.41 Å². The summed E-state index contributed by atoms with van der Waals surface area (Å²) in [5.74, 6) is -0.327. The van der Waals surface area contributed by atoms with Crippen molar-refractivity contribution < 1.29 is 9.59 Å². The van der Waals surface area contributed by atoms with Gasteiger partial charge < -0.3 is 5.32 Å². The molecule has 1 aromatic heterocycles. The summed E-state index contributed by atoms with van der Waals surface area (Å²) in [5, 5.41) is 6.41. The topological polar surface area (TPSA) is 74.3 Å². The minimum atomic E-state index is -0.507. The Morgan fingerprint density at radius 1 is 1.06 bits per heavy atom. The van der Waals surface area contributed by atoms with Crippen LogP contribution < -0.4 is 10.6 Å². The van der Waals surface area contributed by atoms with E-state index in [-0.39, 0.29) is 11.8 Å². The zero-order chi connectivity index (χ0) is 22.7. The number of hydrogen-bond donors (Lipinski definition) is 2. The van der Waals surface area contributed by atoms with E-state index < -0.39 is 5.41 Å². The highest BCUT2D eigenvalue weighted by Crippen LogP contribution is 2.29. The highest BCUT2D eigenvalue weighted by atomic mass is 32.1. The van der Waals surface area contributed by atoms with Gasteiger partial charge in [0, 0.05) is 47.6 Å². The third-order valence-corrected chi connectivity index (χ3v) is 6.34. The van der Waals surface area contributed by atoms with Crippen LogP contribution in [-0.4, -0.2) is 28.2 Å². The summed E-state index contributed by atoms with van der Waals surface area (Å²) in [6.45, 7) is 8.26. The molecule has 0 saturated carbocycles. The Morgan fingerprint density at radius 2 is 1.84 bits per heavy atom. The molecule has 0 aliphatic carbocycles. The maximum absolute atomic E-state index is 12.8. The number of benzene rings is 2. The predicted molar refractivity (Wildman–Crippen MR) is 129 cm³/mol. The zero-order valence-corrected chi connectivity index (χ0v) is 19.5. The Morgan fingerprint density at radius 3 is 2.59 bits per heavy atom. The van der Waals surface area contributed by atoms with Crippen molar-refractivity contribution in [2.45, 2.75) is 40.3 Å². The fourth-order valence-corrected chi connectivity index (χ4v) is 4.55. The van der Waals surface area contributed by atoms with E-state index in [0.717, 1.165) is 31.7 Å². The van der Waals surface area contributed by atoms with Crippen LogP contribution in [0.3, 0.4) is 0 Å². The second-order valence-electron chi connectivity index (χ2n) is 9.07. The van der Waals surface area contributed by atoms with Gasteiger partial charge in [-0.3, -0.25) is 19.8 Å². The van der Waals surface area contributed by atoms with E-state index in [9.17, 15) is 9.59 Å². The molecule has 0 bridgehead atoms. The number of amides is 2. The molecule has 4 rings (SSSR count). The molecule has 32 heavy (non-hydrogen) atoms. The first-order valence-corrected chi connectivity index (χ1v) is 11.6. The van der Waals surface area contributed by atoms with E-state index in [2.05, 4.69) is 44.8 Å². The van der Waals surface area contributed by atoms with Crippen LogP contribution in [0.2, 0.25) is 0 Å². The summed E-state index contributed by atoms with van der Waals surface area (Å²) >= 11 is 1.54. The summed E-state index contributed by atoms with van der Waals surface area (Å²) in [4.78, 5) is 33.3. The highest BCUT2D eigenvalue weighted by molar-refractivity contribution is 7.15. The van der Waals surface area contributed by atoms with Crippen molar-refractivity contribution in [1.29, 1.82) is 0 Å². The maximum Gasteiger partial charge on any atom is 0.257 e. The minimum absolute atomic E-state index is 0.0947. The zero-order valence-electron chi connectivity index (χ0n) is 18.6. The SMILES string of the molecule is CC(C)(C)C(=O)Nc1cccc(C(=O)Nc2nc3c(s2)CN(Cc2ccccc2)CC3)c1. The number of carbonyl (C=O) groups is 2. The second kappa shape index (κ2) is 9.22. The Hall–Kier alpha value is -3.03. The number of hydrogen-bond acceptors (Lipinski definition) is 5. The molecule has 0 unspecified atom stereocenters. The summed E-state index contributed by atoms with van der Waals surface area (Å²) in [7, 11) is 0. The molecule has 2 N–H and O–H groups in total. The summed E-state index contributed by atoms with van der Waals surface area (Å²) in [5.41, 5.74) is 2.95. The van der Waals surface area contributed by atoms with Gasteiger partial charge in [0.05, 0.1) is 5.69 Å². The number of aromatic nitrogens is 1. The normalized spacial score (nSPS) is 14.0. The number of rotatable bonds is 5. The number of thiazole rings is 1. The fourth-order valence-electron chi connectivity index (χ4n) is 3.50. The van der Waals surface area contributed by atoms with Gasteiger partial charge in [-0.2, -0.15) is 0 Å². The molecule has 0 saturated heterocycles. The molecule has 2 amide bonds. The van der Waals surface area contributed by atoms with E-state index in [0.29, 0.717) is 16.4 Å². The van der Waals surface area contributed by atoms with Crippen molar-refractivity contribution in [2.75, 3.05) is 17.2 Å². The van der Waals surface area contributed by atoms with E-state index >= 15 is 0 Å². The molecule has 7 heteroatoms. The van der Waals surface area contributed by atoms with Crippen molar-refractivity contribution in [3.8, 4) is 0 Å². The summed E-state index contributed by atoms with van der Waals surface area (Å²) in [6.07, 6.45) is 0.878. The number of carbonyl (C=O) groups excluding carboxylic acids is 2. The predicted octanol–water partition coefficient (Wildman–Crippen LogP) is 4.94. The lowest BCUT2D eigenvalue weighted by Crippen LogP contribution is -2.29. The Kier molecular flexibility index (Phi) is 6.39. The van der Waals surface area contributed by atoms with Crippen LogP contribution in [0.4, 0.5) is 10.8 Å². The maximum atomic E-state index is 12.8. The third kappa shape index (κ3) is 5.41. The van der Waals surface area contributed by atoms with Gasteiger partial charge in [-0.1, -0.05) is 57.2 Å². The summed E-state index contributed by atoms with van der Waals surface area (Å²) in [6, 6.07) is 17.4. The van der Waals surface area contributed by atoms with E-state index in [1.165, 1.54) is 21.8 Å². The first-order valence-electron chi connectivity index (χ1n) is 10.8. The van der Waals surface area contributed by atoms with Crippen molar-refractivity contribution >= 4 is 34.0 Å². The molecule has 3 aromatic rings. The standard InChI is InChI=1S/C25H28N4O2S/c1-25(2,3)23(31)26-19-11-7-10-18(14-19)22(30)28-24-27-20-12-13-29(16-21(20)32-24)15-17-8-5-4-6-9-17/h4-11,14H,12-13,15-16H2,1-3H3,(H,26,31)(H,27,28,30). The van der Waals surface area contributed by atoms with Crippen LogP contribution in [0, 0.1) is 5.41 Å². The van der Waals surface area contributed by atoms with Gasteiger partial charge in [0.25, 0.3) is 5.91 Å². The molecule has 0 spiro atoms. The highest BCUT2D eigenvalue weighted by Gasteiger charge is 2.23. The van der Waals surface area contributed by atoms with Gasteiger partial charge >= 0.3 is 0 Å². The lowest BCUT2D eigenvalue weighted by atomic mass is 9.95. The molecule has 0 atom stereocenters. The minimum Gasteiger partial charge on any atom is -0.326 e. The monoisotopic (exact) mass is 448 g/mol. The van der Waals surface area contributed by atoms with Gasteiger partial charge in [0.2, 0.25) is 5.91 Å². The van der Waals surface area contributed by atoms with E-state index in [4.69, 9.17) is 0 Å². The van der Waals surface area contributed by atoms with E-state index in [1.807, 2.05) is 26.8 Å². The second-order valence-corrected chi connectivity index (χ2v) is 10.2. The molecule has 166 valence electrons. The third-order valence-electron chi connectivity index (χ3n) is 5.34. The molecular weight excluding hydrogens is 420 g/mol. The van der Waals surface area contributed by atoms with Crippen LogP contribution in [0.15, 0.2) is 54.6 Å². The molecular formula is C25H28N4O2S. The Labute approximate surface area is 192 Å². The number of fused-ring (bicyclic) bond motifs is 1. The van der Waals surface area contributed by atoms with Gasteiger partial charge in [-0.25, -0.2) is 4.98 Å². The Balaban J connectivity index is 1.40. The lowest BCUT2D eigenvalue weighted by molar-refractivity contribution is -0.123. The van der Waals surface area contributed by atoms with Crippen LogP contribution >= 0.6 is 11.3 Å². The van der Waals surface area contributed by atoms with Crippen molar-refractivity contribution in [1.82, 2.24) is 9.88 Å². The largest absolute Gasteiger partial charge is 0.326 e. The van der Waals surface area contributed by atoms with Crippen LogP contribution in [0.25, 0.3) is 0 Å². The quantitative estimate of drug-likeness (QED) is 0.580. The molecule has 1 aliphatic heterocycles. The molecule has 0 radical (unpaired) electrons. The van der Waals surface area contributed by atoms with E-state index in [1.54, 1.807) is 24.3 Å². The number of anilines is 2. The smallest absolute Gasteiger partial charge is 0.257 e. The van der Waals surface area contributed by atoms with Gasteiger partial charge in [0.15, 0.2) is 5.13 Å². The molecule has 2 aromatic carbocycles. The van der Waals surface area contributed by atoms with Gasteiger partial charge in [0.1, 0.15) is 0 Å². The van der Waals surface area contributed by atoms with Crippen molar-refractivity contribution in [3.05, 3.63) is 76.3 Å². The molecule has 0 fully saturated rings. The first kappa shape index (κ1) is 22.2. The molecule has 2 heterocycles. The average molecular weight is 449 g/mol. The number of nitrogens with zero attached hydrogens (tertiary/aromatic N) is 2. The van der Waals surface area contributed by atoms with Gasteiger partial charge in [-0.15, -0.1) is 11.3 Å². The molecule has 6 nitrogen and oxygen atoms in total. The average Bonchev–Trinajstić information content (AvgIpc) is 3.15.